The Morgan fingerprint density at radius 2 is 1.86 bits per heavy atom. The number of rotatable bonds is 9. The number of aromatic nitrogens is 1. The normalized spacial score (nSPS) is 17.8. The van der Waals surface area contributed by atoms with Gasteiger partial charge in [-0.05, 0) is 49.5 Å². The highest BCUT2D eigenvalue weighted by Crippen LogP contribution is 2.41. The first kappa shape index (κ1) is 25.3. The van der Waals surface area contributed by atoms with E-state index < -0.39 is 5.41 Å². The van der Waals surface area contributed by atoms with Gasteiger partial charge in [0.25, 0.3) is 0 Å². The monoisotopic (exact) mass is 488 g/mol. The van der Waals surface area contributed by atoms with Gasteiger partial charge in [-0.3, -0.25) is 24.3 Å². The van der Waals surface area contributed by atoms with Crippen LogP contribution in [0, 0.1) is 0 Å². The molecule has 1 atom stereocenters. The second-order valence-corrected chi connectivity index (χ2v) is 9.56. The Balaban J connectivity index is 1.64. The number of imide groups is 1. The molecule has 0 N–H and O–H groups in total. The van der Waals surface area contributed by atoms with Crippen LogP contribution in [0.1, 0.15) is 24.0 Å². The topological polar surface area (TPSA) is 83.1 Å². The van der Waals surface area contributed by atoms with Crippen LogP contribution in [-0.2, 0) is 26.3 Å². The molecular formula is C28H32N4O4. The molecule has 0 bridgehead atoms. The molecule has 0 spiro atoms. The minimum Gasteiger partial charge on any atom is -0.497 e. The summed E-state index contributed by atoms with van der Waals surface area (Å²) in [6.45, 7) is 1.20. The van der Waals surface area contributed by atoms with Crippen molar-refractivity contribution in [1.29, 1.82) is 0 Å². The van der Waals surface area contributed by atoms with Crippen molar-refractivity contribution >= 4 is 28.6 Å². The maximum atomic E-state index is 13.8. The fourth-order valence-corrected chi connectivity index (χ4v) is 4.76. The van der Waals surface area contributed by atoms with Gasteiger partial charge < -0.3 is 14.5 Å². The molecule has 3 aromatic rings. The third kappa shape index (κ3) is 4.95. The second-order valence-electron chi connectivity index (χ2n) is 9.56. The van der Waals surface area contributed by atoms with Crippen LogP contribution in [0.4, 0.5) is 0 Å². The van der Waals surface area contributed by atoms with Crippen LogP contribution in [0.15, 0.2) is 60.8 Å². The number of benzene rings is 2. The van der Waals surface area contributed by atoms with Gasteiger partial charge in [-0.25, -0.2) is 0 Å². The first-order valence-electron chi connectivity index (χ1n) is 12.0. The molecule has 0 unspecified atom stereocenters. The number of amides is 3. The molecule has 8 nitrogen and oxygen atoms in total. The van der Waals surface area contributed by atoms with Crippen molar-refractivity contribution < 1.29 is 19.1 Å². The van der Waals surface area contributed by atoms with Crippen LogP contribution in [0.3, 0.4) is 0 Å². The smallest absolute Gasteiger partial charge is 0.240 e. The van der Waals surface area contributed by atoms with Crippen LogP contribution >= 0.6 is 0 Å². The number of nitrogens with zero attached hydrogens (tertiary/aromatic N) is 4. The molecule has 1 aliphatic rings. The molecule has 3 amide bonds. The zero-order valence-electron chi connectivity index (χ0n) is 21.2. The highest BCUT2D eigenvalue weighted by molar-refractivity contribution is 6.10. The Labute approximate surface area is 211 Å². The lowest BCUT2D eigenvalue weighted by Crippen LogP contribution is -2.44. The number of likely N-dealkylation sites (N-methyl/N-ethyl adjacent to an activating group) is 1. The van der Waals surface area contributed by atoms with Crippen molar-refractivity contribution in [2.75, 3.05) is 41.3 Å². The molecule has 1 fully saturated rings. The van der Waals surface area contributed by atoms with Crippen molar-refractivity contribution in [2.45, 2.75) is 24.8 Å². The van der Waals surface area contributed by atoms with E-state index in [9.17, 15) is 14.4 Å². The Bertz CT molecular complexity index is 1290. The highest BCUT2D eigenvalue weighted by atomic mass is 16.5. The summed E-state index contributed by atoms with van der Waals surface area (Å²) in [4.78, 5) is 49.7. The molecule has 0 saturated carbocycles. The van der Waals surface area contributed by atoms with Crippen LogP contribution in [0.25, 0.3) is 10.9 Å². The van der Waals surface area contributed by atoms with Gasteiger partial charge in [-0.15, -0.1) is 0 Å². The molecular weight excluding hydrogens is 456 g/mol. The summed E-state index contributed by atoms with van der Waals surface area (Å²) >= 11 is 0. The number of likely N-dealkylation sites (tertiary alicyclic amines) is 1. The van der Waals surface area contributed by atoms with Crippen molar-refractivity contribution in [2.24, 2.45) is 0 Å². The predicted octanol–water partition coefficient (Wildman–Crippen LogP) is 2.85. The Hall–Kier alpha value is -3.78. The number of methoxy groups -OCH3 is 1. The van der Waals surface area contributed by atoms with Gasteiger partial charge in [0, 0.05) is 51.1 Å². The summed E-state index contributed by atoms with van der Waals surface area (Å²) in [5.74, 6) is -0.240. The maximum absolute atomic E-state index is 13.8. The average molecular weight is 489 g/mol. The Morgan fingerprint density at radius 1 is 1.08 bits per heavy atom. The number of ether oxygens (including phenoxy) is 1. The van der Waals surface area contributed by atoms with Crippen molar-refractivity contribution in [3.8, 4) is 5.75 Å². The molecule has 2 aromatic carbocycles. The first-order valence-corrected chi connectivity index (χ1v) is 12.0. The number of hydrogen-bond donors (Lipinski definition) is 0. The molecule has 0 aliphatic carbocycles. The van der Waals surface area contributed by atoms with Crippen LogP contribution in [0.5, 0.6) is 5.75 Å². The van der Waals surface area contributed by atoms with E-state index >= 15 is 0 Å². The molecule has 8 heteroatoms. The molecule has 1 aliphatic heterocycles. The molecule has 36 heavy (non-hydrogen) atoms. The van der Waals surface area contributed by atoms with Crippen LogP contribution in [-0.4, -0.2) is 78.7 Å². The molecule has 0 radical (unpaired) electrons. The zero-order valence-corrected chi connectivity index (χ0v) is 21.2. The third-order valence-electron chi connectivity index (χ3n) is 6.82. The maximum Gasteiger partial charge on any atom is 0.240 e. The fourth-order valence-electron chi connectivity index (χ4n) is 4.76. The van der Waals surface area contributed by atoms with E-state index in [0.717, 1.165) is 16.5 Å². The molecule has 1 aromatic heterocycles. The first-order chi connectivity index (χ1) is 17.2. The van der Waals surface area contributed by atoms with E-state index in [1.807, 2.05) is 49.3 Å². The van der Waals surface area contributed by atoms with E-state index in [0.29, 0.717) is 24.4 Å². The van der Waals surface area contributed by atoms with E-state index in [2.05, 4.69) is 4.98 Å². The predicted molar refractivity (Wildman–Crippen MR) is 137 cm³/mol. The molecule has 1 saturated heterocycles. The highest BCUT2D eigenvalue weighted by Gasteiger charge is 2.54. The lowest BCUT2D eigenvalue weighted by molar-refractivity contribution is -0.142. The standard InChI is InChI=1S/C28H32N4O4/c1-30(2)14-15-32-26(34)18-28(27(32)35,21-9-6-10-22(16-21)36-4)17-25(33)31(3)19-20-8-5-12-24-23(20)11-7-13-29-24/h5-13,16H,14-15,17-19H2,1-4H3/t28-/m1/s1. The average Bonchev–Trinajstić information content (AvgIpc) is 3.12. The number of fused-ring (bicyclic) bond motifs is 1. The lowest BCUT2D eigenvalue weighted by atomic mass is 9.75. The number of carbonyl (C=O) groups is 3. The van der Waals surface area contributed by atoms with Gasteiger partial charge in [0.1, 0.15) is 5.75 Å². The summed E-state index contributed by atoms with van der Waals surface area (Å²) < 4.78 is 5.38. The minimum atomic E-state index is -1.27. The van der Waals surface area contributed by atoms with E-state index in [-0.39, 0.29) is 37.1 Å². The fraction of sp³-hybridized carbons (Fsp3) is 0.357. The van der Waals surface area contributed by atoms with Gasteiger partial charge in [0.05, 0.1) is 18.0 Å². The molecule has 188 valence electrons. The summed E-state index contributed by atoms with van der Waals surface area (Å²) in [6.07, 6.45) is 1.58. The van der Waals surface area contributed by atoms with Gasteiger partial charge in [0.2, 0.25) is 17.7 Å². The Kier molecular flexibility index (Phi) is 7.35. The molecule has 2 heterocycles. The number of carbonyl (C=O) groups excluding carboxylic acids is 3. The largest absolute Gasteiger partial charge is 0.497 e. The summed E-state index contributed by atoms with van der Waals surface area (Å²) in [6, 6.07) is 16.8. The summed E-state index contributed by atoms with van der Waals surface area (Å²) in [7, 11) is 7.06. The van der Waals surface area contributed by atoms with Crippen molar-refractivity contribution in [3.63, 3.8) is 0 Å². The van der Waals surface area contributed by atoms with E-state index in [4.69, 9.17) is 4.74 Å². The van der Waals surface area contributed by atoms with Gasteiger partial charge in [-0.2, -0.15) is 0 Å². The van der Waals surface area contributed by atoms with Crippen LogP contribution < -0.4 is 4.74 Å². The summed E-state index contributed by atoms with van der Waals surface area (Å²) in [5.41, 5.74) is 1.16. The number of hydrogen-bond acceptors (Lipinski definition) is 6. The van der Waals surface area contributed by atoms with Gasteiger partial charge >= 0.3 is 0 Å². The van der Waals surface area contributed by atoms with Crippen molar-refractivity contribution in [1.82, 2.24) is 19.7 Å². The minimum absolute atomic E-state index is 0.0514. The second kappa shape index (κ2) is 10.5. The number of pyridine rings is 1. The lowest BCUT2D eigenvalue weighted by Gasteiger charge is -2.30. The van der Waals surface area contributed by atoms with E-state index in [1.54, 1.807) is 49.5 Å². The van der Waals surface area contributed by atoms with Gasteiger partial charge in [0.15, 0.2) is 0 Å². The van der Waals surface area contributed by atoms with Crippen LogP contribution in [0.2, 0.25) is 0 Å². The zero-order chi connectivity index (χ0) is 25.9. The summed E-state index contributed by atoms with van der Waals surface area (Å²) in [5, 5.41) is 0.976. The van der Waals surface area contributed by atoms with E-state index in [1.165, 1.54) is 4.90 Å². The third-order valence-corrected chi connectivity index (χ3v) is 6.82. The molecule has 4 rings (SSSR count). The Morgan fingerprint density at radius 3 is 2.61 bits per heavy atom. The van der Waals surface area contributed by atoms with Gasteiger partial charge in [-0.1, -0.05) is 30.3 Å². The van der Waals surface area contributed by atoms with Crippen molar-refractivity contribution in [3.05, 3.63) is 71.9 Å². The quantitative estimate of drug-likeness (QED) is 0.431. The SMILES string of the molecule is COc1cccc([C@@]2(CC(=O)N(C)Cc3cccc4ncccc34)CC(=O)N(CCN(C)C)C2=O)c1.